The van der Waals surface area contributed by atoms with Gasteiger partial charge in [0.15, 0.2) is 5.65 Å². The fourth-order valence-electron chi connectivity index (χ4n) is 3.33. The Morgan fingerprint density at radius 1 is 1.44 bits per heavy atom. The summed E-state index contributed by atoms with van der Waals surface area (Å²) >= 11 is 0. The molecule has 8 heteroatoms. The van der Waals surface area contributed by atoms with Gasteiger partial charge in [-0.1, -0.05) is 0 Å². The number of aromatic amines is 1. The zero-order chi connectivity index (χ0) is 17.4. The first-order valence-electron chi connectivity index (χ1n) is 8.34. The van der Waals surface area contributed by atoms with Gasteiger partial charge in [0, 0.05) is 43.1 Å². The third-order valence-corrected chi connectivity index (χ3v) is 4.68. The summed E-state index contributed by atoms with van der Waals surface area (Å²) in [4.78, 5) is 16.9. The van der Waals surface area contributed by atoms with Crippen molar-refractivity contribution in [3.63, 3.8) is 0 Å². The van der Waals surface area contributed by atoms with Gasteiger partial charge in [0.2, 0.25) is 0 Å². The van der Waals surface area contributed by atoms with Crippen molar-refractivity contribution in [1.29, 1.82) is 0 Å². The smallest absolute Gasteiger partial charge is 0.254 e. The van der Waals surface area contributed by atoms with Crippen molar-refractivity contribution in [2.75, 3.05) is 13.2 Å². The van der Waals surface area contributed by atoms with Crippen LogP contribution in [0.15, 0.2) is 24.7 Å². The van der Waals surface area contributed by atoms with Crippen LogP contribution in [0.5, 0.6) is 0 Å². The van der Waals surface area contributed by atoms with E-state index < -0.39 is 0 Å². The van der Waals surface area contributed by atoms with Crippen LogP contribution < -0.4 is 5.32 Å². The van der Waals surface area contributed by atoms with E-state index in [0.717, 1.165) is 29.0 Å². The third kappa shape index (κ3) is 2.89. The Balaban J connectivity index is 1.48. The molecule has 25 heavy (non-hydrogen) atoms. The molecule has 1 aliphatic heterocycles. The fraction of sp³-hybridized carbons (Fsp3) is 0.412. The monoisotopic (exact) mass is 340 g/mol. The Morgan fingerprint density at radius 2 is 2.32 bits per heavy atom. The van der Waals surface area contributed by atoms with Gasteiger partial charge in [-0.05, 0) is 20.3 Å². The summed E-state index contributed by atoms with van der Waals surface area (Å²) in [6.45, 7) is 5.02. The minimum absolute atomic E-state index is 0.0329. The molecule has 4 rings (SSSR count). The number of aryl methyl sites for hydroxylation is 2. The molecule has 0 spiro atoms. The second-order valence-corrected chi connectivity index (χ2v) is 6.39. The molecule has 1 saturated heterocycles. The molecule has 3 aromatic rings. The van der Waals surface area contributed by atoms with Gasteiger partial charge in [0.25, 0.3) is 5.91 Å². The van der Waals surface area contributed by atoms with E-state index in [9.17, 15) is 4.79 Å². The Hall–Kier alpha value is -2.74. The van der Waals surface area contributed by atoms with Gasteiger partial charge in [-0.3, -0.25) is 9.89 Å². The molecule has 1 fully saturated rings. The number of carbonyl (C=O) groups is 1. The van der Waals surface area contributed by atoms with Gasteiger partial charge in [0.05, 0.1) is 29.3 Å². The van der Waals surface area contributed by atoms with E-state index in [1.54, 1.807) is 16.9 Å². The van der Waals surface area contributed by atoms with Crippen LogP contribution in [0.4, 0.5) is 0 Å². The summed E-state index contributed by atoms with van der Waals surface area (Å²) in [6, 6.07) is 1.89. The average Bonchev–Trinajstić information content (AvgIpc) is 3.32. The lowest BCUT2D eigenvalue weighted by molar-refractivity contribution is 0.0845. The Bertz CT molecular complexity index is 901. The van der Waals surface area contributed by atoms with Crippen LogP contribution in [0.3, 0.4) is 0 Å². The number of nitrogens with zero attached hydrogens (tertiary/aromatic N) is 4. The molecule has 0 aliphatic carbocycles. The van der Waals surface area contributed by atoms with Gasteiger partial charge in [-0.2, -0.15) is 10.2 Å². The molecule has 0 unspecified atom stereocenters. The van der Waals surface area contributed by atoms with E-state index in [2.05, 4.69) is 25.6 Å². The zero-order valence-electron chi connectivity index (χ0n) is 14.2. The molecule has 0 aromatic carbocycles. The maximum atomic E-state index is 12.6. The highest BCUT2D eigenvalue weighted by Crippen LogP contribution is 2.33. The predicted molar refractivity (Wildman–Crippen MR) is 90.2 cm³/mol. The van der Waals surface area contributed by atoms with E-state index in [1.165, 1.54) is 0 Å². The number of aromatic nitrogens is 5. The molecule has 0 radical (unpaired) electrons. The van der Waals surface area contributed by atoms with Crippen LogP contribution in [0.2, 0.25) is 0 Å². The van der Waals surface area contributed by atoms with Crippen molar-refractivity contribution in [2.45, 2.75) is 26.4 Å². The number of carbonyl (C=O) groups excluding carboxylic acids is 1. The lowest BCUT2D eigenvalue weighted by atomic mass is 9.97. The molecule has 4 heterocycles. The number of H-pyrrole nitrogens is 1. The van der Waals surface area contributed by atoms with Crippen molar-refractivity contribution in [3.05, 3.63) is 47.2 Å². The van der Waals surface area contributed by atoms with Gasteiger partial charge in [0.1, 0.15) is 0 Å². The quantitative estimate of drug-likeness (QED) is 0.751. The maximum absolute atomic E-state index is 12.6. The standard InChI is InChI=1S/C17H20N6O2/c1-10-5-15-18-9-14(11(2)23(15)22-10)17(24)19-6-12-3-4-25-16(12)13-7-20-21-8-13/h5,7-9,12,16H,3-4,6H2,1-2H3,(H,19,24)(H,20,21)/t12-,16+/m1/s1. The maximum Gasteiger partial charge on any atom is 0.254 e. The van der Waals surface area contributed by atoms with Crippen molar-refractivity contribution < 1.29 is 9.53 Å². The first-order chi connectivity index (χ1) is 12.1. The largest absolute Gasteiger partial charge is 0.373 e. The number of nitrogens with one attached hydrogen (secondary N) is 2. The Morgan fingerprint density at radius 3 is 3.12 bits per heavy atom. The van der Waals surface area contributed by atoms with E-state index >= 15 is 0 Å². The molecule has 0 bridgehead atoms. The summed E-state index contributed by atoms with van der Waals surface area (Å²) in [6.07, 6.45) is 6.10. The number of amides is 1. The van der Waals surface area contributed by atoms with Crippen LogP contribution in [-0.4, -0.2) is 43.9 Å². The minimum Gasteiger partial charge on any atom is -0.373 e. The number of hydrogen-bond donors (Lipinski definition) is 2. The highest BCUT2D eigenvalue weighted by molar-refractivity contribution is 5.95. The first kappa shape index (κ1) is 15.8. The molecule has 8 nitrogen and oxygen atoms in total. The number of fused-ring (bicyclic) bond motifs is 1. The molecule has 1 aliphatic rings. The van der Waals surface area contributed by atoms with Gasteiger partial charge in [-0.25, -0.2) is 9.50 Å². The molecule has 2 N–H and O–H groups in total. The lowest BCUT2D eigenvalue weighted by Gasteiger charge is -2.18. The lowest BCUT2D eigenvalue weighted by Crippen LogP contribution is -2.31. The predicted octanol–water partition coefficient (Wildman–Crippen LogP) is 1.58. The van der Waals surface area contributed by atoms with Crippen molar-refractivity contribution >= 4 is 11.6 Å². The molecule has 130 valence electrons. The van der Waals surface area contributed by atoms with Gasteiger partial charge < -0.3 is 10.1 Å². The number of hydrogen-bond acceptors (Lipinski definition) is 5. The number of ether oxygens (including phenoxy) is 1. The molecule has 1 amide bonds. The molecule has 0 saturated carbocycles. The second-order valence-electron chi connectivity index (χ2n) is 6.39. The summed E-state index contributed by atoms with van der Waals surface area (Å²) in [7, 11) is 0. The molecule has 2 atom stereocenters. The topological polar surface area (TPSA) is 97.2 Å². The fourth-order valence-corrected chi connectivity index (χ4v) is 3.33. The van der Waals surface area contributed by atoms with Gasteiger partial charge >= 0.3 is 0 Å². The van der Waals surface area contributed by atoms with E-state index in [1.807, 2.05) is 26.1 Å². The van der Waals surface area contributed by atoms with Crippen LogP contribution in [0.1, 0.15) is 39.8 Å². The van der Waals surface area contributed by atoms with Crippen molar-refractivity contribution in [1.82, 2.24) is 30.1 Å². The van der Waals surface area contributed by atoms with E-state index in [4.69, 9.17) is 4.74 Å². The zero-order valence-corrected chi connectivity index (χ0v) is 14.2. The second kappa shape index (κ2) is 6.29. The summed E-state index contributed by atoms with van der Waals surface area (Å²) in [5.41, 5.74) is 3.96. The van der Waals surface area contributed by atoms with Crippen LogP contribution in [-0.2, 0) is 4.74 Å². The van der Waals surface area contributed by atoms with Crippen molar-refractivity contribution in [2.24, 2.45) is 5.92 Å². The molecular weight excluding hydrogens is 320 g/mol. The Labute approximate surface area is 144 Å². The van der Waals surface area contributed by atoms with Crippen LogP contribution in [0, 0.1) is 19.8 Å². The molecular formula is C17H20N6O2. The Kier molecular flexibility index (Phi) is 3.96. The van der Waals surface area contributed by atoms with E-state index in [-0.39, 0.29) is 17.9 Å². The average molecular weight is 340 g/mol. The highest BCUT2D eigenvalue weighted by Gasteiger charge is 2.30. The highest BCUT2D eigenvalue weighted by atomic mass is 16.5. The summed E-state index contributed by atoms with van der Waals surface area (Å²) in [5.74, 6) is 0.0865. The minimum atomic E-state index is -0.141. The van der Waals surface area contributed by atoms with Crippen molar-refractivity contribution in [3.8, 4) is 0 Å². The SMILES string of the molecule is Cc1cc2ncc(C(=O)NC[C@H]3CCO[C@@H]3c3cn[nH]c3)c(C)n2n1. The summed E-state index contributed by atoms with van der Waals surface area (Å²) in [5, 5.41) is 14.2. The number of rotatable bonds is 4. The van der Waals surface area contributed by atoms with Crippen LogP contribution in [0.25, 0.3) is 5.65 Å². The van der Waals surface area contributed by atoms with Gasteiger partial charge in [-0.15, -0.1) is 0 Å². The third-order valence-electron chi connectivity index (χ3n) is 4.68. The van der Waals surface area contributed by atoms with E-state index in [0.29, 0.717) is 18.7 Å². The van der Waals surface area contributed by atoms with Crippen LogP contribution >= 0.6 is 0 Å². The summed E-state index contributed by atoms with van der Waals surface area (Å²) < 4.78 is 7.50. The molecule has 3 aromatic heterocycles. The normalized spacial score (nSPS) is 20.2. The first-order valence-corrected chi connectivity index (χ1v) is 8.34.